The lowest BCUT2D eigenvalue weighted by molar-refractivity contribution is 0.174. The lowest BCUT2D eigenvalue weighted by Gasteiger charge is -2.26. The van der Waals surface area contributed by atoms with Crippen LogP contribution < -0.4 is 14.4 Å². The van der Waals surface area contributed by atoms with E-state index in [1.165, 1.54) is 12.8 Å². The zero-order chi connectivity index (χ0) is 17.4. The molecule has 0 saturated heterocycles. The second kappa shape index (κ2) is 6.68. The highest BCUT2D eigenvalue weighted by Crippen LogP contribution is 2.50. The van der Waals surface area contributed by atoms with Gasteiger partial charge in [-0.15, -0.1) is 0 Å². The summed E-state index contributed by atoms with van der Waals surface area (Å²) in [6.07, 6.45) is 3.46. The first-order valence-corrected chi connectivity index (χ1v) is 9.26. The number of hydrogen-bond acceptors (Lipinski definition) is 4. The van der Waals surface area contributed by atoms with E-state index in [0.29, 0.717) is 11.5 Å². The summed E-state index contributed by atoms with van der Waals surface area (Å²) in [6, 6.07) is 11.8. The second-order valence-electron chi connectivity index (χ2n) is 6.57. The predicted octanol–water partition coefficient (Wildman–Crippen LogP) is 4.83. The largest absolute Gasteiger partial charge is 0.508 e. The van der Waals surface area contributed by atoms with Crippen LogP contribution in [-0.4, -0.2) is 23.9 Å². The number of halogens is 1. The third-order valence-corrected chi connectivity index (χ3v) is 5.50. The van der Waals surface area contributed by atoms with E-state index in [-0.39, 0.29) is 24.0 Å². The average Bonchev–Trinajstić information content (AvgIpc) is 3.17. The van der Waals surface area contributed by atoms with Gasteiger partial charge in [0, 0.05) is 29.8 Å². The van der Waals surface area contributed by atoms with Crippen LogP contribution in [-0.2, 0) is 0 Å². The lowest BCUT2D eigenvalue weighted by Crippen LogP contribution is -2.30. The number of benzene rings is 2. The Balaban J connectivity index is 1.73. The minimum Gasteiger partial charge on any atom is -0.508 e. The fourth-order valence-corrected chi connectivity index (χ4v) is 4.23. The van der Waals surface area contributed by atoms with Crippen LogP contribution >= 0.6 is 11.6 Å². The van der Waals surface area contributed by atoms with E-state index in [1.54, 1.807) is 6.07 Å². The van der Waals surface area contributed by atoms with E-state index in [1.807, 2.05) is 18.2 Å². The Labute approximate surface area is 152 Å². The molecule has 0 spiro atoms. The average molecular weight is 360 g/mol. The second-order valence-corrected chi connectivity index (χ2v) is 7.02. The maximum atomic E-state index is 10.6. The minimum atomic E-state index is -0.236. The van der Waals surface area contributed by atoms with Gasteiger partial charge in [0.05, 0.1) is 0 Å². The van der Waals surface area contributed by atoms with E-state index in [2.05, 4.69) is 24.0 Å². The monoisotopic (exact) mass is 359 g/mol. The number of rotatable bonds is 5. The summed E-state index contributed by atoms with van der Waals surface area (Å²) in [6.45, 7) is 3.30. The number of anilines is 1. The number of aromatic hydroxyl groups is 1. The van der Waals surface area contributed by atoms with Crippen molar-refractivity contribution in [3.8, 4) is 17.2 Å². The molecule has 2 atom stereocenters. The number of phenolic OH excluding ortho intramolecular Hbond substituents is 1. The van der Waals surface area contributed by atoms with Crippen molar-refractivity contribution in [3.05, 3.63) is 47.5 Å². The summed E-state index contributed by atoms with van der Waals surface area (Å²) >= 11 is 6.89. The van der Waals surface area contributed by atoms with Crippen LogP contribution in [0.25, 0.3) is 0 Å². The van der Waals surface area contributed by atoms with Crippen LogP contribution in [0, 0.1) is 0 Å². The molecule has 1 N–H and O–H groups in total. The molecule has 0 bridgehead atoms. The molecule has 2 aromatic rings. The first-order chi connectivity index (χ1) is 12.2. The molecule has 2 aliphatic rings. The Hall–Kier alpha value is -2.07. The van der Waals surface area contributed by atoms with E-state index < -0.39 is 0 Å². The standard InChI is InChI=1S/C20H22ClNO3/c1-2-3-6-9-22-15-8-5-4-7-13(15)19(20(22)21)14-10-17-18(11-16(14)23)25-12-24-17/h4-5,7-8,10-11,19-20,23H,2-3,6,9,12H2,1H3. The molecule has 4 rings (SSSR count). The highest BCUT2D eigenvalue weighted by atomic mass is 35.5. The van der Waals surface area contributed by atoms with Crippen molar-refractivity contribution in [1.29, 1.82) is 0 Å². The zero-order valence-electron chi connectivity index (χ0n) is 14.2. The minimum absolute atomic E-state index is 0.103. The van der Waals surface area contributed by atoms with E-state index >= 15 is 0 Å². The van der Waals surface area contributed by atoms with Gasteiger partial charge in [0.25, 0.3) is 0 Å². The van der Waals surface area contributed by atoms with E-state index in [9.17, 15) is 5.11 Å². The highest BCUT2D eigenvalue weighted by molar-refractivity contribution is 6.23. The Kier molecular flexibility index (Phi) is 4.38. The van der Waals surface area contributed by atoms with Crippen LogP contribution in [0.4, 0.5) is 5.69 Å². The highest BCUT2D eigenvalue weighted by Gasteiger charge is 2.39. The van der Waals surface area contributed by atoms with E-state index in [0.717, 1.165) is 29.8 Å². The third kappa shape index (κ3) is 2.78. The van der Waals surface area contributed by atoms with Gasteiger partial charge in [-0.2, -0.15) is 0 Å². The Morgan fingerprint density at radius 2 is 1.88 bits per heavy atom. The molecular weight excluding hydrogens is 338 g/mol. The van der Waals surface area contributed by atoms with Crippen LogP contribution in [0.1, 0.15) is 43.2 Å². The van der Waals surface area contributed by atoms with Gasteiger partial charge in [-0.05, 0) is 24.1 Å². The summed E-state index contributed by atoms with van der Waals surface area (Å²) < 4.78 is 10.8. The van der Waals surface area contributed by atoms with Crippen LogP contribution in [0.5, 0.6) is 17.2 Å². The Morgan fingerprint density at radius 3 is 2.68 bits per heavy atom. The van der Waals surface area contributed by atoms with Gasteiger partial charge in [0.1, 0.15) is 11.3 Å². The van der Waals surface area contributed by atoms with Crippen molar-refractivity contribution in [2.45, 2.75) is 37.6 Å². The molecule has 0 aliphatic carbocycles. The summed E-state index contributed by atoms with van der Waals surface area (Å²) in [5.41, 5.74) is 2.85. The maximum Gasteiger partial charge on any atom is 0.231 e. The molecule has 0 aromatic heterocycles. The molecule has 0 fully saturated rings. The molecule has 2 heterocycles. The quantitative estimate of drug-likeness (QED) is 0.471. The first-order valence-electron chi connectivity index (χ1n) is 8.83. The number of hydrogen-bond donors (Lipinski definition) is 1. The van der Waals surface area contributed by atoms with E-state index in [4.69, 9.17) is 21.1 Å². The van der Waals surface area contributed by atoms with Crippen molar-refractivity contribution < 1.29 is 14.6 Å². The molecule has 25 heavy (non-hydrogen) atoms. The van der Waals surface area contributed by atoms with Gasteiger partial charge in [-0.1, -0.05) is 49.6 Å². The predicted molar refractivity (Wildman–Crippen MR) is 99.0 cm³/mol. The van der Waals surface area contributed by atoms with Gasteiger partial charge in [0.15, 0.2) is 11.5 Å². The molecule has 0 amide bonds. The molecule has 5 heteroatoms. The topological polar surface area (TPSA) is 41.9 Å². The van der Waals surface area contributed by atoms with Gasteiger partial charge in [-0.25, -0.2) is 0 Å². The van der Waals surface area contributed by atoms with Crippen molar-refractivity contribution in [3.63, 3.8) is 0 Å². The Morgan fingerprint density at radius 1 is 1.12 bits per heavy atom. The summed E-state index contributed by atoms with van der Waals surface area (Å²) in [5, 5.41) is 10.6. The number of nitrogens with zero attached hydrogens (tertiary/aromatic N) is 1. The van der Waals surface area contributed by atoms with Crippen molar-refractivity contribution in [2.24, 2.45) is 0 Å². The molecule has 0 radical (unpaired) electrons. The smallest absolute Gasteiger partial charge is 0.231 e. The van der Waals surface area contributed by atoms with Gasteiger partial charge in [-0.3, -0.25) is 0 Å². The van der Waals surface area contributed by atoms with Crippen LogP contribution in [0.3, 0.4) is 0 Å². The van der Waals surface area contributed by atoms with Crippen molar-refractivity contribution in [2.75, 3.05) is 18.2 Å². The van der Waals surface area contributed by atoms with Crippen LogP contribution in [0.15, 0.2) is 36.4 Å². The summed E-state index contributed by atoms with van der Waals surface area (Å²) in [7, 11) is 0. The Bertz CT molecular complexity index is 780. The summed E-state index contributed by atoms with van der Waals surface area (Å²) in [4.78, 5) is 2.25. The number of fused-ring (bicyclic) bond motifs is 2. The van der Waals surface area contributed by atoms with Crippen molar-refractivity contribution in [1.82, 2.24) is 0 Å². The molecular formula is C20H22ClNO3. The summed E-state index contributed by atoms with van der Waals surface area (Å²) in [5.74, 6) is 1.34. The molecule has 132 valence electrons. The zero-order valence-corrected chi connectivity index (χ0v) is 15.0. The number of phenols is 1. The number of alkyl halides is 1. The van der Waals surface area contributed by atoms with Gasteiger partial charge in [0.2, 0.25) is 6.79 Å². The SMILES string of the molecule is CCCCCN1c2ccccc2C(c2cc3c(cc2O)OCO3)C1Cl. The molecule has 2 aromatic carbocycles. The molecule has 4 nitrogen and oxygen atoms in total. The maximum absolute atomic E-state index is 10.6. The van der Waals surface area contributed by atoms with Crippen molar-refractivity contribution >= 4 is 17.3 Å². The normalized spacial score (nSPS) is 20.8. The first kappa shape index (κ1) is 16.4. The number of unbranched alkanes of at least 4 members (excludes halogenated alkanes) is 2. The molecule has 2 aliphatic heterocycles. The molecule has 0 saturated carbocycles. The number of ether oxygens (including phenoxy) is 2. The third-order valence-electron chi connectivity index (χ3n) is 5.01. The fourth-order valence-electron chi connectivity index (χ4n) is 3.76. The van der Waals surface area contributed by atoms with Gasteiger partial charge < -0.3 is 19.5 Å². The van der Waals surface area contributed by atoms with Crippen LogP contribution in [0.2, 0.25) is 0 Å². The fraction of sp³-hybridized carbons (Fsp3) is 0.400. The lowest BCUT2D eigenvalue weighted by atomic mass is 9.92. The number of para-hydroxylation sites is 1. The van der Waals surface area contributed by atoms with Gasteiger partial charge >= 0.3 is 0 Å². The molecule has 2 unspecified atom stereocenters.